The topological polar surface area (TPSA) is 64.6 Å². The third kappa shape index (κ3) is 20.3. The summed E-state index contributed by atoms with van der Waals surface area (Å²) >= 11 is 3.39. The third-order valence-corrected chi connectivity index (χ3v) is 6.72. The van der Waals surface area contributed by atoms with Crippen LogP contribution in [0.15, 0.2) is 11.1 Å². The van der Waals surface area contributed by atoms with Crippen molar-refractivity contribution in [2.24, 2.45) is 0 Å². The molecule has 5 nitrogen and oxygen atoms in total. The van der Waals surface area contributed by atoms with E-state index in [-0.39, 0.29) is 5.97 Å². The zero-order chi connectivity index (χ0) is 25.4. The van der Waals surface area contributed by atoms with Crippen molar-refractivity contribution in [3.8, 4) is 0 Å². The van der Waals surface area contributed by atoms with Gasteiger partial charge < -0.3 is 14.8 Å². The highest BCUT2D eigenvalue weighted by atomic mass is 79.9. The summed E-state index contributed by atoms with van der Waals surface area (Å²) in [4.78, 5) is 24.4. The Hall–Kier alpha value is -1.04. The number of hydrogen-bond acceptors (Lipinski definition) is 4. The highest BCUT2D eigenvalue weighted by molar-refractivity contribution is 9.09. The van der Waals surface area contributed by atoms with E-state index in [9.17, 15) is 9.59 Å². The van der Waals surface area contributed by atoms with Crippen LogP contribution in [0, 0.1) is 0 Å². The van der Waals surface area contributed by atoms with Gasteiger partial charge in [-0.05, 0) is 40.0 Å². The molecule has 1 atom stereocenters. The molecule has 0 aliphatic rings. The van der Waals surface area contributed by atoms with Gasteiger partial charge in [-0.2, -0.15) is 0 Å². The molecule has 0 heterocycles. The Kier molecular flexibility index (Phi) is 23.0. The minimum atomic E-state index is -0.958. The van der Waals surface area contributed by atoms with Crippen molar-refractivity contribution in [3.63, 3.8) is 0 Å². The number of carbonyl (C=O) groups is 2. The first-order chi connectivity index (χ1) is 16.4. The Morgan fingerprint density at radius 2 is 1.21 bits per heavy atom. The second-order valence-corrected chi connectivity index (χ2v) is 10.4. The van der Waals surface area contributed by atoms with E-state index in [4.69, 9.17) is 9.47 Å². The van der Waals surface area contributed by atoms with Gasteiger partial charge in [0.1, 0.15) is 0 Å². The van der Waals surface area contributed by atoms with Crippen molar-refractivity contribution in [2.75, 3.05) is 11.9 Å². The number of esters is 1. The lowest BCUT2D eigenvalue weighted by Crippen LogP contribution is -2.33. The van der Waals surface area contributed by atoms with Crippen LogP contribution in [0.5, 0.6) is 0 Å². The van der Waals surface area contributed by atoms with Crippen LogP contribution in [0.4, 0.5) is 4.79 Å². The predicted octanol–water partition coefficient (Wildman–Crippen LogP) is 8.98. The smallest absolute Gasteiger partial charge is 0.410 e. The van der Waals surface area contributed by atoms with Crippen molar-refractivity contribution < 1.29 is 19.1 Å². The summed E-state index contributed by atoms with van der Waals surface area (Å²) in [5, 5.41) is 3.73. The molecule has 0 radical (unpaired) electrons. The first-order valence-corrected chi connectivity index (χ1v) is 14.9. The van der Waals surface area contributed by atoms with Crippen LogP contribution in [0.3, 0.4) is 0 Å². The molecule has 1 N–H and O–H groups in total. The maximum atomic E-state index is 12.2. The summed E-state index contributed by atoms with van der Waals surface area (Å²) < 4.78 is 10.9. The van der Waals surface area contributed by atoms with Gasteiger partial charge in [-0.25, -0.2) is 4.79 Å². The number of alkyl carbamates (subject to hydrolysis) is 1. The fraction of sp³-hybridized carbons (Fsp3) is 0.857. The molecule has 0 rings (SSSR count). The number of halogens is 1. The van der Waals surface area contributed by atoms with Crippen molar-refractivity contribution >= 4 is 28.0 Å². The molecule has 0 fully saturated rings. The van der Waals surface area contributed by atoms with Crippen LogP contribution < -0.4 is 5.32 Å². The van der Waals surface area contributed by atoms with Gasteiger partial charge in [0, 0.05) is 23.9 Å². The molecule has 0 aromatic heterocycles. The van der Waals surface area contributed by atoms with Crippen molar-refractivity contribution in [3.05, 3.63) is 11.1 Å². The summed E-state index contributed by atoms with van der Waals surface area (Å²) in [7, 11) is 0. The lowest BCUT2D eigenvalue weighted by molar-refractivity contribution is -0.162. The SMILES string of the molecule is CCCCCCCCCCCCCCCNC(=O)OC(OC(=O)CCCCCBr)C(C)=C(C)C. The molecule has 0 aromatic rings. The maximum Gasteiger partial charge on any atom is 0.410 e. The molecule has 0 spiro atoms. The van der Waals surface area contributed by atoms with E-state index in [0.29, 0.717) is 13.0 Å². The molecule has 1 amide bonds. The average Bonchev–Trinajstić information content (AvgIpc) is 2.81. The fourth-order valence-corrected chi connectivity index (χ4v) is 4.02. The number of alkyl halides is 1. The molecule has 0 bridgehead atoms. The van der Waals surface area contributed by atoms with Gasteiger partial charge in [0.25, 0.3) is 6.29 Å². The van der Waals surface area contributed by atoms with Crippen LogP contribution in [0.2, 0.25) is 0 Å². The quantitative estimate of drug-likeness (QED) is 0.0484. The van der Waals surface area contributed by atoms with E-state index in [1.807, 2.05) is 20.8 Å². The van der Waals surface area contributed by atoms with E-state index in [1.165, 1.54) is 70.6 Å². The van der Waals surface area contributed by atoms with E-state index < -0.39 is 12.4 Å². The average molecular weight is 547 g/mol. The molecular formula is C28H52BrNO4. The lowest BCUT2D eigenvalue weighted by Gasteiger charge is -2.20. The highest BCUT2D eigenvalue weighted by Crippen LogP contribution is 2.16. The molecule has 200 valence electrons. The Morgan fingerprint density at radius 1 is 0.706 bits per heavy atom. The zero-order valence-electron chi connectivity index (χ0n) is 22.5. The summed E-state index contributed by atoms with van der Waals surface area (Å²) in [5.41, 5.74) is 1.73. The minimum Gasteiger partial charge on any atom is -0.421 e. The number of rotatable bonds is 22. The monoisotopic (exact) mass is 545 g/mol. The van der Waals surface area contributed by atoms with Gasteiger partial charge in [-0.3, -0.25) is 4.79 Å². The molecule has 6 heteroatoms. The van der Waals surface area contributed by atoms with Crippen LogP contribution in [-0.4, -0.2) is 30.2 Å². The van der Waals surface area contributed by atoms with Crippen LogP contribution in [0.1, 0.15) is 137 Å². The van der Waals surface area contributed by atoms with Gasteiger partial charge in [0.15, 0.2) is 0 Å². The van der Waals surface area contributed by atoms with E-state index in [0.717, 1.165) is 48.6 Å². The highest BCUT2D eigenvalue weighted by Gasteiger charge is 2.21. The zero-order valence-corrected chi connectivity index (χ0v) is 24.1. The van der Waals surface area contributed by atoms with Gasteiger partial charge in [-0.15, -0.1) is 0 Å². The molecule has 0 saturated heterocycles. The van der Waals surface area contributed by atoms with E-state index in [2.05, 4.69) is 28.2 Å². The number of carbonyl (C=O) groups excluding carboxylic acids is 2. The number of allylic oxidation sites excluding steroid dienone is 1. The van der Waals surface area contributed by atoms with Crippen LogP contribution in [0.25, 0.3) is 0 Å². The first-order valence-electron chi connectivity index (χ1n) is 13.8. The minimum absolute atomic E-state index is 0.329. The molecule has 34 heavy (non-hydrogen) atoms. The summed E-state index contributed by atoms with van der Waals surface area (Å²) in [5.74, 6) is -0.329. The van der Waals surface area contributed by atoms with Crippen LogP contribution in [-0.2, 0) is 14.3 Å². The van der Waals surface area contributed by atoms with Crippen molar-refractivity contribution in [1.29, 1.82) is 0 Å². The van der Waals surface area contributed by atoms with E-state index >= 15 is 0 Å². The van der Waals surface area contributed by atoms with Crippen molar-refractivity contribution in [1.82, 2.24) is 5.32 Å². The Morgan fingerprint density at radius 3 is 1.71 bits per heavy atom. The van der Waals surface area contributed by atoms with Gasteiger partial charge in [-0.1, -0.05) is 112 Å². The lowest BCUT2D eigenvalue weighted by atomic mass is 10.0. The standard InChI is InChI=1S/C28H52BrNO4/c1-5-6-7-8-9-10-11-12-13-14-15-16-20-23-30-28(32)34-27(25(4)24(2)3)33-26(31)21-18-17-19-22-29/h27H,5-23H2,1-4H3,(H,30,32). The van der Waals surface area contributed by atoms with Crippen LogP contribution >= 0.6 is 15.9 Å². The Bertz CT molecular complexity index is 547. The largest absolute Gasteiger partial charge is 0.421 e. The molecule has 0 saturated carbocycles. The second kappa shape index (κ2) is 23.7. The van der Waals surface area contributed by atoms with Gasteiger partial charge >= 0.3 is 12.1 Å². The summed E-state index contributed by atoms with van der Waals surface area (Å²) in [6.45, 7) is 8.51. The van der Waals surface area contributed by atoms with E-state index in [1.54, 1.807) is 0 Å². The Labute approximate surface area is 218 Å². The predicted molar refractivity (Wildman–Crippen MR) is 146 cm³/mol. The number of hydrogen-bond donors (Lipinski definition) is 1. The second-order valence-electron chi connectivity index (χ2n) is 9.58. The molecule has 0 aliphatic heterocycles. The Balaban J connectivity index is 3.92. The molecule has 1 unspecified atom stereocenters. The molecular weight excluding hydrogens is 494 g/mol. The molecule has 0 aromatic carbocycles. The number of nitrogens with one attached hydrogen (secondary N) is 1. The van der Waals surface area contributed by atoms with Gasteiger partial charge in [0.05, 0.1) is 0 Å². The molecule has 0 aliphatic carbocycles. The fourth-order valence-electron chi connectivity index (χ4n) is 3.63. The van der Waals surface area contributed by atoms with Gasteiger partial charge in [0.2, 0.25) is 0 Å². The summed E-state index contributed by atoms with van der Waals surface area (Å²) in [6.07, 6.45) is 18.5. The number of unbranched alkanes of at least 4 members (excludes halogenated alkanes) is 14. The number of ether oxygens (including phenoxy) is 2. The number of amides is 1. The normalized spacial score (nSPS) is 11.7. The maximum absolute atomic E-state index is 12.2. The van der Waals surface area contributed by atoms with Crippen molar-refractivity contribution in [2.45, 2.75) is 143 Å². The third-order valence-electron chi connectivity index (χ3n) is 6.16. The first kappa shape index (κ1) is 33.0. The summed E-state index contributed by atoms with van der Waals surface area (Å²) in [6, 6.07) is 0.